The van der Waals surface area contributed by atoms with Crippen LogP contribution in [0.1, 0.15) is 5.56 Å². The minimum absolute atomic E-state index is 0.338. The standard InChI is InChI=1S/C8H6F4N2OS/c9-3-1-2-4(14-7(13)16)6(15)5(3)8(10,11)12/h1-2,15H,(H3,13,14,16). The fourth-order valence-corrected chi connectivity index (χ4v) is 1.18. The summed E-state index contributed by atoms with van der Waals surface area (Å²) in [4.78, 5) is 0. The summed E-state index contributed by atoms with van der Waals surface area (Å²) in [5, 5.41) is 11.0. The monoisotopic (exact) mass is 254 g/mol. The number of phenolic OH excluding ortho intramolecular Hbond substituents is 1. The fraction of sp³-hybridized carbons (Fsp3) is 0.125. The molecule has 0 unspecified atom stereocenters. The van der Waals surface area contributed by atoms with E-state index in [0.29, 0.717) is 6.07 Å². The van der Waals surface area contributed by atoms with Crippen LogP contribution >= 0.6 is 12.2 Å². The zero-order valence-electron chi connectivity index (χ0n) is 7.60. The predicted octanol–water partition coefficient (Wildman–Crippen LogP) is 2.21. The van der Waals surface area contributed by atoms with Crippen LogP contribution in [0, 0.1) is 5.82 Å². The van der Waals surface area contributed by atoms with E-state index in [1.54, 1.807) is 0 Å². The van der Waals surface area contributed by atoms with E-state index in [2.05, 4.69) is 17.5 Å². The molecular weight excluding hydrogens is 248 g/mol. The van der Waals surface area contributed by atoms with Gasteiger partial charge in [0.05, 0.1) is 5.69 Å². The van der Waals surface area contributed by atoms with Crippen LogP contribution in [0.2, 0.25) is 0 Å². The Hall–Kier alpha value is -1.57. The number of anilines is 1. The maximum absolute atomic E-state index is 12.9. The first-order valence-corrected chi connectivity index (χ1v) is 4.29. The minimum Gasteiger partial charge on any atom is -0.505 e. The van der Waals surface area contributed by atoms with E-state index in [4.69, 9.17) is 5.73 Å². The van der Waals surface area contributed by atoms with Gasteiger partial charge < -0.3 is 16.2 Å². The molecule has 0 bridgehead atoms. The van der Waals surface area contributed by atoms with E-state index in [1.165, 1.54) is 0 Å². The normalized spacial score (nSPS) is 11.2. The first kappa shape index (κ1) is 12.5. The summed E-state index contributed by atoms with van der Waals surface area (Å²) >= 11 is 4.39. The summed E-state index contributed by atoms with van der Waals surface area (Å²) in [7, 11) is 0. The van der Waals surface area contributed by atoms with Gasteiger partial charge in [-0.05, 0) is 24.4 Å². The number of phenols is 1. The third kappa shape index (κ3) is 2.51. The third-order valence-electron chi connectivity index (χ3n) is 1.67. The van der Waals surface area contributed by atoms with Gasteiger partial charge in [0.2, 0.25) is 0 Å². The van der Waals surface area contributed by atoms with Gasteiger partial charge in [0, 0.05) is 0 Å². The number of hydrogen-bond donors (Lipinski definition) is 3. The summed E-state index contributed by atoms with van der Waals surface area (Å²) in [5.74, 6) is -2.85. The van der Waals surface area contributed by atoms with Crippen LogP contribution in [0.3, 0.4) is 0 Å². The average Bonchev–Trinajstić information content (AvgIpc) is 2.07. The molecule has 1 rings (SSSR count). The van der Waals surface area contributed by atoms with Crippen molar-refractivity contribution in [3.63, 3.8) is 0 Å². The van der Waals surface area contributed by atoms with Gasteiger partial charge in [0.25, 0.3) is 0 Å². The van der Waals surface area contributed by atoms with Crippen LogP contribution in [-0.2, 0) is 6.18 Å². The number of nitrogens with two attached hydrogens (primary N) is 1. The van der Waals surface area contributed by atoms with Gasteiger partial charge in [-0.15, -0.1) is 0 Å². The Bertz CT molecular complexity index is 433. The number of benzene rings is 1. The maximum atomic E-state index is 12.9. The van der Waals surface area contributed by atoms with Gasteiger partial charge in [-0.3, -0.25) is 0 Å². The Kier molecular flexibility index (Phi) is 3.22. The highest BCUT2D eigenvalue weighted by Gasteiger charge is 2.38. The number of rotatable bonds is 1. The highest BCUT2D eigenvalue weighted by atomic mass is 32.1. The summed E-state index contributed by atoms with van der Waals surface area (Å²) in [6.07, 6.45) is -5.00. The molecule has 3 nitrogen and oxygen atoms in total. The Balaban J connectivity index is 3.33. The molecule has 1 aromatic rings. The lowest BCUT2D eigenvalue weighted by atomic mass is 10.1. The first-order valence-electron chi connectivity index (χ1n) is 3.88. The Morgan fingerprint density at radius 1 is 1.38 bits per heavy atom. The molecular formula is C8H6F4N2OS. The smallest absolute Gasteiger partial charge is 0.422 e. The van der Waals surface area contributed by atoms with E-state index >= 15 is 0 Å². The SMILES string of the molecule is NC(=S)Nc1ccc(F)c(C(F)(F)F)c1O. The van der Waals surface area contributed by atoms with Crippen LogP contribution in [0.4, 0.5) is 23.2 Å². The van der Waals surface area contributed by atoms with Crippen molar-refractivity contribution < 1.29 is 22.7 Å². The van der Waals surface area contributed by atoms with Crippen LogP contribution in [-0.4, -0.2) is 10.2 Å². The predicted molar refractivity (Wildman–Crippen MR) is 53.5 cm³/mol. The van der Waals surface area contributed by atoms with Gasteiger partial charge in [-0.1, -0.05) is 0 Å². The summed E-state index contributed by atoms with van der Waals surface area (Å²) < 4.78 is 49.9. The molecule has 0 atom stereocenters. The Morgan fingerprint density at radius 2 is 1.94 bits per heavy atom. The zero-order valence-corrected chi connectivity index (χ0v) is 8.42. The number of hydrogen-bond acceptors (Lipinski definition) is 2. The molecule has 0 aromatic heterocycles. The highest BCUT2D eigenvalue weighted by molar-refractivity contribution is 7.80. The Morgan fingerprint density at radius 3 is 2.38 bits per heavy atom. The van der Waals surface area contributed by atoms with Crippen LogP contribution in [0.15, 0.2) is 12.1 Å². The molecule has 1 aromatic carbocycles. The fourth-order valence-electron chi connectivity index (χ4n) is 1.07. The molecule has 0 fully saturated rings. The van der Waals surface area contributed by atoms with Gasteiger partial charge in [-0.2, -0.15) is 13.2 Å². The molecule has 0 saturated carbocycles. The lowest BCUT2D eigenvalue weighted by molar-refractivity contribution is -0.141. The van der Waals surface area contributed by atoms with Crippen molar-refractivity contribution in [3.05, 3.63) is 23.5 Å². The molecule has 0 radical (unpaired) electrons. The highest BCUT2D eigenvalue weighted by Crippen LogP contribution is 2.41. The lowest BCUT2D eigenvalue weighted by Gasteiger charge is -2.13. The maximum Gasteiger partial charge on any atom is 0.422 e. The van der Waals surface area contributed by atoms with Crippen molar-refractivity contribution in [1.82, 2.24) is 0 Å². The second-order valence-electron chi connectivity index (χ2n) is 2.81. The molecule has 0 saturated heterocycles. The zero-order chi connectivity index (χ0) is 12.5. The summed E-state index contributed by atoms with van der Waals surface area (Å²) in [5.41, 5.74) is 2.87. The number of aromatic hydroxyl groups is 1. The number of thiocarbonyl (C=S) groups is 1. The average molecular weight is 254 g/mol. The molecule has 0 amide bonds. The number of nitrogens with one attached hydrogen (secondary N) is 1. The molecule has 4 N–H and O–H groups in total. The first-order chi connectivity index (χ1) is 7.23. The van der Waals surface area contributed by atoms with E-state index in [9.17, 15) is 22.7 Å². The molecule has 0 heterocycles. The largest absolute Gasteiger partial charge is 0.505 e. The Labute approximate surface area is 92.9 Å². The molecule has 88 valence electrons. The van der Waals surface area contributed by atoms with Gasteiger partial charge in [0.1, 0.15) is 11.4 Å². The van der Waals surface area contributed by atoms with E-state index in [0.717, 1.165) is 6.07 Å². The van der Waals surface area contributed by atoms with Crippen molar-refractivity contribution in [2.24, 2.45) is 5.73 Å². The topological polar surface area (TPSA) is 58.3 Å². The minimum atomic E-state index is -5.00. The van der Waals surface area contributed by atoms with Crippen LogP contribution < -0.4 is 11.1 Å². The lowest BCUT2D eigenvalue weighted by Crippen LogP contribution is -2.20. The van der Waals surface area contributed by atoms with Crippen molar-refractivity contribution >= 4 is 23.0 Å². The van der Waals surface area contributed by atoms with E-state index in [1.807, 2.05) is 0 Å². The molecule has 0 aliphatic heterocycles. The second-order valence-corrected chi connectivity index (χ2v) is 3.25. The summed E-state index contributed by atoms with van der Waals surface area (Å²) in [6.45, 7) is 0. The number of halogens is 4. The van der Waals surface area contributed by atoms with Gasteiger partial charge in [0.15, 0.2) is 10.9 Å². The molecule has 8 heteroatoms. The van der Waals surface area contributed by atoms with Crippen LogP contribution in [0.25, 0.3) is 0 Å². The molecule has 0 aliphatic rings. The van der Waals surface area contributed by atoms with E-state index < -0.39 is 29.0 Å². The van der Waals surface area contributed by atoms with Crippen LogP contribution in [0.5, 0.6) is 5.75 Å². The quantitative estimate of drug-likeness (QED) is 0.408. The van der Waals surface area contributed by atoms with Gasteiger partial charge >= 0.3 is 6.18 Å². The molecule has 0 spiro atoms. The number of alkyl halides is 3. The van der Waals surface area contributed by atoms with E-state index in [-0.39, 0.29) is 5.11 Å². The van der Waals surface area contributed by atoms with Crippen molar-refractivity contribution in [2.45, 2.75) is 6.18 Å². The third-order valence-corrected chi connectivity index (χ3v) is 1.77. The van der Waals surface area contributed by atoms with Crippen molar-refractivity contribution in [2.75, 3.05) is 5.32 Å². The summed E-state index contributed by atoms with van der Waals surface area (Å²) in [6, 6.07) is 1.46. The van der Waals surface area contributed by atoms with Crippen molar-refractivity contribution in [1.29, 1.82) is 0 Å². The molecule has 16 heavy (non-hydrogen) atoms. The second kappa shape index (κ2) is 4.12. The molecule has 0 aliphatic carbocycles. The van der Waals surface area contributed by atoms with Gasteiger partial charge in [-0.25, -0.2) is 4.39 Å². The van der Waals surface area contributed by atoms with Crippen molar-refractivity contribution in [3.8, 4) is 5.75 Å².